The zero-order valence-electron chi connectivity index (χ0n) is 10.4. The van der Waals surface area contributed by atoms with Gasteiger partial charge >= 0.3 is 0 Å². The first kappa shape index (κ1) is 15.7. The van der Waals surface area contributed by atoms with Gasteiger partial charge in [0, 0.05) is 18.5 Å². The third kappa shape index (κ3) is 4.71. The van der Waals surface area contributed by atoms with E-state index in [1.165, 1.54) is 32.1 Å². The summed E-state index contributed by atoms with van der Waals surface area (Å²) in [6.45, 7) is 4.41. The van der Waals surface area contributed by atoms with Crippen molar-refractivity contribution >= 4 is 18.3 Å². The van der Waals surface area contributed by atoms with Gasteiger partial charge in [0.25, 0.3) is 0 Å². The number of carbonyl (C=O) groups excluding carboxylic acids is 1. The fraction of sp³-hybridized carbons (Fsp3) is 0.917. The number of halogens is 1. The Balaban J connectivity index is 0.00000225. The molecule has 0 saturated heterocycles. The van der Waals surface area contributed by atoms with E-state index in [4.69, 9.17) is 5.73 Å². The van der Waals surface area contributed by atoms with Crippen LogP contribution < -0.4 is 11.1 Å². The Kier molecular flexibility index (Phi) is 7.77. The fourth-order valence-corrected chi connectivity index (χ4v) is 2.26. The van der Waals surface area contributed by atoms with Gasteiger partial charge in [-0.25, -0.2) is 0 Å². The number of hydrogen-bond donors (Lipinski definition) is 2. The summed E-state index contributed by atoms with van der Waals surface area (Å²) in [6, 6.07) is 0.195. The molecule has 3 N–H and O–H groups in total. The molecule has 1 saturated carbocycles. The maximum absolute atomic E-state index is 11.6. The zero-order valence-corrected chi connectivity index (χ0v) is 11.2. The first-order valence-electron chi connectivity index (χ1n) is 6.15. The maximum atomic E-state index is 11.6. The molecule has 0 aromatic heterocycles. The van der Waals surface area contributed by atoms with Gasteiger partial charge in [0.2, 0.25) is 5.91 Å². The van der Waals surface area contributed by atoms with Crippen molar-refractivity contribution in [2.45, 2.75) is 52.0 Å². The van der Waals surface area contributed by atoms with E-state index in [0.29, 0.717) is 12.5 Å². The van der Waals surface area contributed by atoms with Gasteiger partial charge in [-0.05, 0) is 18.8 Å². The molecule has 1 fully saturated rings. The summed E-state index contributed by atoms with van der Waals surface area (Å²) >= 11 is 0. The van der Waals surface area contributed by atoms with E-state index in [9.17, 15) is 4.79 Å². The second-order valence-corrected chi connectivity index (χ2v) is 4.90. The molecular weight excluding hydrogens is 224 g/mol. The van der Waals surface area contributed by atoms with Crippen molar-refractivity contribution in [3.63, 3.8) is 0 Å². The number of nitrogens with two attached hydrogens (primary N) is 1. The summed E-state index contributed by atoms with van der Waals surface area (Å²) in [5.74, 6) is 0.796. The van der Waals surface area contributed by atoms with Gasteiger partial charge < -0.3 is 11.1 Å². The summed E-state index contributed by atoms with van der Waals surface area (Å²) in [7, 11) is 0. The van der Waals surface area contributed by atoms with Gasteiger partial charge in [0.1, 0.15) is 0 Å². The Morgan fingerprint density at radius 2 is 1.88 bits per heavy atom. The van der Waals surface area contributed by atoms with E-state index >= 15 is 0 Å². The SMILES string of the molecule is CC(C)C(=O)NC(CN)C1CCCCC1.Cl. The first-order chi connectivity index (χ1) is 7.15. The number of amides is 1. The minimum absolute atomic E-state index is 0. The van der Waals surface area contributed by atoms with Gasteiger partial charge in [-0.3, -0.25) is 4.79 Å². The standard InChI is InChI=1S/C12H24N2O.ClH/c1-9(2)12(15)14-11(8-13)10-6-4-3-5-7-10;/h9-11H,3-8,13H2,1-2H3,(H,14,15);1H. The van der Waals surface area contributed by atoms with Crippen molar-refractivity contribution in [3.8, 4) is 0 Å². The molecule has 96 valence electrons. The molecule has 3 nitrogen and oxygen atoms in total. The largest absolute Gasteiger partial charge is 0.352 e. The van der Waals surface area contributed by atoms with Crippen molar-refractivity contribution in [2.75, 3.05) is 6.54 Å². The van der Waals surface area contributed by atoms with Gasteiger partial charge in [-0.2, -0.15) is 0 Å². The lowest BCUT2D eigenvalue weighted by molar-refractivity contribution is -0.125. The Hall–Kier alpha value is -0.280. The molecule has 1 rings (SSSR count). The van der Waals surface area contributed by atoms with E-state index in [1.807, 2.05) is 13.8 Å². The van der Waals surface area contributed by atoms with Crippen molar-refractivity contribution in [2.24, 2.45) is 17.6 Å². The van der Waals surface area contributed by atoms with Crippen molar-refractivity contribution in [1.82, 2.24) is 5.32 Å². The summed E-state index contributed by atoms with van der Waals surface area (Å²) in [5.41, 5.74) is 5.74. The van der Waals surface area contributed by atoms with Gasteiger partial charge in [0.15, 0.2) is 0 Å². The van der Waals surface area contributed by atoms with Gasteiger partial charge in [-0.15, -0.1) is 12.4 Å². The molecule has 1 aliphatic carbocycles. The van der Waals surface area contributed by atoms with Crippen LogP contribution in [0.4, 0.5) is 0 Å². The number of hydrogen-bond acceptors (Lipinski definition) is 2. The molecule has 0 aliphatic heterocycles. The minimum atomic E-state index is 0. The van der Waals surface area contributed by atoms with Crippen molar-refractivity contribution < 1.29 is 4.79 Å². The van der Waals surface area contributed by atoms with Crippen LogP contribution in [0.15, 0.2) is 0 Å². The van der Waals surface area contributed by atoms with Crippen LogP contribution in [0, 0.1) is 11.8 Å². The number of nitrogens with one attached hydrogen (secondary N) is 1. The molecule has 0 spiro atoms. The molecule has 1 aliphatic rings. The second kappa shape index (κ2) is 7.91. The Morgan fingerprint density at radius 1 is 1.31 bits per heavy atom. The predicted molar refractivity (Wildman–Crippen MR) is 69.6 cm³/mol. The number of rotatable bonds is 4. The van der Waals surface area contributed by atoms with E-state index in [2.05, 4.69) is 5.32 Å². The molecule has 1 unspecified atom stereocenters. The zero-order chi connectivity index (χ0) is 11.3. The molecule has 0 radical (unpaired) electrons. The second-order valence-electron chi connectivity index (χ2n) is 4.90. The Labute approximate surface area is 105 Å². The van der Waals surface area contributed by atoms with E-state index in [0.717, 1.165) is 0 Å². The van der Waals surface area contributed by atoms with Crippen LogP contribution >= 0.6 is 12.4 Å². The molecule has 16 heavy (non-hydrogen) atoms. The Bertz CT molecular complexity index is 203. The molecule has 0 aromatic rings. The third-order valence-corrected chi connectivity index (χ3v) is 3.32. The molecule has 0 heterocycles. The highest BCUT2D eigenvalue weighted by atomic mass is 35.5. The first-order valence-corrected chi connectivity index (χ1v) is 6.15. The summed E-state index contributed by atoms with van der Waals surface area (Å²) in [5, 5.41) is 3.07. The average molecular weight is 249 g/mol. The highest BCUT2D eigenvalue weighted by Crippen LogP contribution is 2.26. The monoisotopic (exact) mass is 248 g/mol. The predicted octanol–water partition coefficient (Wildman–Crippen LogP) is 2.09. The molecule has 0 aromatic carbocycles. The van der Waals surface area contributed by atoms with Crippen LogP contribution in [0.1, 0.15) is 46.0 Å². The normalized spacial score (nSPS) is 19.0. The van der Waals surface area contributed by atoms with E-state index in [-0.39, 0.29) is 30.3 Å². The van der Waals surface area contributed by atoms with Crippen LogP contribution in [-0.4, -0.2) is 18.5 Å². The highest BCUT2D eigenvalue weighted by Gasteiger charge is 2.24. The highest BCUT2D eigenvalue weighted by molar-refractivity contribution is 5.85. The topological polar surface area (TPSA) is 55.1 Å². The lowest BCUT2D eigenvalue weighted by atomic mass is 9.83. The fourth-order valence-electron chi connectivity index (χ4n) is 2.26. The van der Waals surface area contributed by atoms with Crippen LogP contribution in [0.25, 0.3) is 0 Å². The average Bonchev–Trinajstić information content (AvgIpc) is 2.26. The summed E-state index contributed by atoms with van der Waals surface area (Å²) < 4.78 is 0. The Morgan fingerprint density at radius 3 is 2.31 bits per heavy atom. The molecule has 1 amide bonds. The quantitative estimate of drug-likeness (QED) is 0.801. The molecule has 0 bridgehead atoms. The van der Waals surface area contributed by atoms with Crippen LogP contribution in [-0.2, 0) is 4.79 Å². The maximum Gasteiger partial charge on any atom is 0.222 e. The van der Waals surface area contributed by atoms with E-state index < -0.39 is 0 Å². The van der Waals surface area contributed by atoms with Crippen LogP contribution in [0.5, 0.6) is 0 Å². The third-order valence-electron chi connectivity index (χ3n) is 3.32. The van der Waals surface area contributed by atoms with E-state index in [1.54, 1.807) is 0 Å². The smallest absolute Gasteiger partial charge is 0.222 e. The minimum Gasteiger partial charge on any atom is -0.352 e. The number of carbonyl (C=O) groups is 1. The summed E-state index contributed by atoms with van der Waals surface area (Å²) in [4.78, 5) is 11.6. The van der Waals surface area contributed by atoms with Crippen LogP contribution in [0.2, 0.25) is 0 Å². The molecule has 1 atom stereocenters. The lowest BCUT2D eigenvalue weighted by Crippen LogP contribution is -2.47. The lowest BCUT2D eigenvalue weighted by Gasteiger charge is -2.30. The summed E-state index contributed by atoms with van der Waals surface area (Å²) in [6.07, 6.45) is 6.36. The van der Waals surface area contributed by atoms with Crippen LogP contribution in [0.3, 0.4) is 0 Å². The van der Waals surface area contributed by atoms with Crippen molar-refractivity contribution in [1.29, 1.82) is 0 Å². The molecular formula is C12H25ClN2O. The van der Waals surface area contributed by atoms with Gasteiger partial charge in [0.05, 0.1) is 0 Å². The van der Waals surface area contributed by atoms with Gasteiger partial charge in [-0.1, -0.05) is 33.1 Å². The molecule has 4 heteroatoms. The van der Waals surface area contributed by atoms with Crippen molar-refractivity contribution in [3.05, 3.63) is 0 Å².